The second-order valence-electron chi connectivity index (χ2n) is 8.94. The van der Waals surface area contributed by atoms with E-state index < -0.39 is 9.84 Å². The quantitative estimate of drug-likeness (QED) is 0.624. The van der Waals surface area contributed by atoms with Crippen molar-refractivity contribution in [1.82, 2.24) is 5.32 Å². The minimum Gasteiger partial charge on any atom is -0.324 e. The molecule has 30 heavy (non-hydrogen) atoms. The van der Waals surface area contributed by atoms with Gasteiger partial charge in [-0.15, -0.1) is 0 Å². The van der Waals surface area contributed by atoms with Crippen molar-refractivity contribution >= 4 is 33.0 Å². The van der Waals surface area contributed by atoms with Crippen LogP contribution in [-0.4, -0.2) is 27.1 Å². The number of hydrogen-bond donors (Lipinski definition) is 2. The molecule has 2 rings (SSSR count). The molecule has 0 aliphatic heterocycles. The maximum Gasteiger partial charge on any atom is 0.238 e. The summed E-state index contributed by atoms with van der Waals surface area (Å²) in [5.41, 5.74) is 2.73. The van der Waals surface area contributed by atoms with E-state index in [4.69, 9.17) is 11.6 Å². The highest BCUT2D eigenvalue weighted by molar-refractivity contribution is 7.90. The Hall–Kier alpha value is -1.89. The Morgan fingerprint density at radius 1 is 1.07 bits per heavy atom. The Balaban J connectivity index is 2.09. The fraction of sp³-hybridized carbons (Fsp3) is 0.435. The first-order chi connectivity index (χ1) is 13.8. The van der Waals surface area contributed by atoms with Crippen LogP contribution < -0.4 is 10.6 Å². The molecule has 0 spiro atoms. The summed E-state index contributed by atoms with van der Waals surface area (Å²) in [6, 6.07) is 12.7. The summed E-state index contributed by atoms with van der Waals surface area (Å²) in [5, 5.41) is 6.29. The van der Waals surface area contributed by atoms with Gasteiger partial charge in [-0.1, -0.05) is 70.5 Å². The number of hydrogen-bond acceptors (Lipinski definition) is 4. The van der Waals surface area contributed by atoms with Gasteiger partial charge in [0.05, 0.1) is 22.2 Å². The molecule has 1 amide bonds. The Labute approximate surface area is 185 Å². The zero-order chi connectivity index (χ0) is 22.7. The van der Waals surface area contributed by atoms with Crippen LogP contribution >= 0.6 is 11.6 Å². The molecule has 2 N–H and O–H groups in total. The third-order valence-corrected chi connectivity index (χ3v) is 6.36. The van der Waals surface area contributed by atoms with Gasteiger partial charge in [-0.05, 0) is 40.7 Å². The molecule has 164 valence electrons. The van der Waals surface area contributed by atoms with Crippen molar-refractivity contribution in [3.8, 4) is 0 Å². The molecule has 0 aromatic heterocycles. The smallest absolute Gasteiger partial charge is 0.238 e. The predicted octanol–water partition coefficient (Wildman–Crippen LogP) is 4.97. The first-order valence-electron chi connectivity index (χ1n) is 9.92. The lowest BCUT2D eigenvalue weighted by atomic mass is 9.85. The van der Waals surface area contributed by atoms with Crippen molar-refractivity contribution in [2.45, 2.75) is 51.0 Å². The summed E-state index contributed by atoms with van der Waals surface area (Å²) in [5.74, 6) is -0.0186. The van der Waals surface area contributed by atoms with Crippen LogP contribution in [0.25, 0.3) is 0 Å². The molecular formula is C23H31ClN2O3S. The Morgan fingerprint density at radius 3 is 2.17 bits per heavy atom. The van der Waals surface area contributed by atoms with E-state index in [0.717, 1.165) is 11.8 Å². The monoisotopic (exact) mass is 450 g/mol. The van der Waals surface area contributed by atoms with Crippen molar-refractivity contribution in [3.05, 3.63) is 58.6 Å². The number of nitrogens with one attached hydrogen (secondary N) is 2. The van der Waals surface area contributed by atoms with Crippen LogP contribution in [0.4, 0.5) is 5.69 Å². The molecule has 0 unspecified atom stereocenters. The summed E-state index contributed by atoms with van der Waals surface area (Å²) in [4.78, 5) is 12.6. The van der Waals surface area contributed by atoms with Gasteiger partial charge in [-0.3, -0.25) is 4.79 Å². The van der Waals surface area contributed by atoms with E-state index in [1.54, 1.807) is 0 Å². The van der Waals surface area contributed by atoms with Crippen molar-refractivity contribution in [2.75, 3.05) is 18.1 Å². The summed E-state index contributed by atoms with van der Waals surface area (Å²) < 4.78 is 23.5. The Bertz CT molecular complexity index is 994. The van der Waals surface area contributed by atoms with Crippen molar-refractivity contribution < 1.29 is 13.2 Å². The van der Waals surface area contributed by atoms with E-state index in [-0.39, 0.29) is 45.4 Å². The van der Waals surface area contributed by atoms with Gasteiger partial charge in [0.25, 0.3) is 0 Å². The summed E-state index contributed by atoms with van der Waals surface area (Å²) in [6.07, 6.45) is 1.11. The van der Waals surface area contributed by atoms with Crippen LogP contribution in [0.2, 0.25) is 5.02 Å². The molecular weight excluding hydrogens is 420 g/mol. The van der Waals surface area contributed by atoms with E-state index in [1.807, 2.05) is 0 Å². The van der Waals surface area contributed by atoms with Crippen LogP contribution in [-0.2, 0) is 20.0 Å². The normalized spacial score (nSPS) is 13.3. The van der Waals surface area contributed by atoms with Crippen LogP contribution in [0.1, 0.15) is 51.8 Å². The Morgan fingerprint density at radius 2 is 1.67 bits per heavy atom. The highest BCUT2D eigenvalue weighted by Gasteiger charge is 2.19. The zero-order valence-corrected chi connectivity index (χ0v) is 20.0. The van der Waals surface area contributed by atoms with Crippen LogP contribution in [0, 0.1) is 5.92 Å². The van der Waals surface area contributed by atoms with Crippen LogP contribution in [0.15, 0.2) is 47.4 Å². The van der Waals surface area contributed by atoms with Gasteiger partial charge in [0.1, 0.15) is 0 Å². The van der Waals surface area contributed by atoms with Crippen molar-refractivity contribution in [2.24, 2.45) is 5.92 Å². The van der Waals surface area contributed by atoms with Gasteiger partial charge in [0.2, 0.25) is 5.91 Å². The molecule has 0 saturated heterocycles. The molecule has 1 atom stereocenters. The van der Waals surface area contributed by atoms with E-state index >= 15 is 0 Å². The molecule has 5 nitrogen and oxygen atoms in total. The number of rotatable bonds is 7. The lowest BCUT2D eigenvalue weighted by Gasteiger charge is -2.25. The predicted molar refractivity (Wildman–Crippen MR) is 124 cm³/mol. The standard InChI is InChI=1S/C23H31ClN2O3S/c1-15(2)22(16-7-9-17(10-8-16)23(3,4)5)25-14-21(27)26-20-13-18(30(6,28)29)11-12-19(20)24/h7-13,15,22,25H,14H2,1-6H3,(H,26,27)/t22-/m0/s1. The lowest BCUT2D eigenvalue weighted by Crippen LogP contribution is -2.33. The third-order valence-electron chi connectivity index (χ3n) is 4.93. The average molecular weight is 451 g/mol. The maximum absolute atomic E-state index is 12.5. The molecule has 0 saturated carbocycles. The lowest BCUT2D eigenvalue weighted by molar-refractivity contribution is -0.115. The summed E-state index contributed by atoms with van der Waals surface area (Å²) >= 11 is 6.12. The van der Waals surface area contributed by atoms with E-state index in [1.165, 1.54) is 23.8 Å². The molecule has 0 fully saturated rings. The summed E-state index contributed by atoms with van der Waals surface area (Å²) in [7, 11) is -3.39. The first-order valence-corrected chi connectivity index (χ1v) is 12.2. The largest absolute Gasteiger partial charge is 0.324 e. The fourth-order valence-electron chi connectivity index (χ4n) is 3.16. The minimum absolute atomic E-state index is 0.00240. The first kappa shape index (κ1) is 24.4. The zero-order valence-electron chi connectivity index (χ0n) is 18.4. The van der Waals surface area contributed by atoms with Gasteiger partial charge in [0.15, 0.2) is 9.84 Å². The maximum atomic E-state index is 12.5. The molecule has 0 aliphatic carbocycles. The number of carbonyl (C=O) groups is 1. The number of sulfone groups is 1. The Kier molecular flexibility index (Phi) is 7.72. The molecule has 2 aromatic rings. The van der Waals surface area contributed by atoms with E-state index in [0.29, 0.717) is 0 Å². The van der Waals surface area contributed by atoms with Crippen LogP contribution in [0.5, 0.6) is 0 Å². The van der Waals surface area contributed by atoms with E-state index in [2.05, 4.69) is 69.5 Å². The highest BCUT2D eigenvalue weighted by atomic mass is 35.5. The molecule has 2 aromatic carbocycles. The van der Waals surface area contributed by atoms with E-state index in [9.17, 15) is 13.2 Å². The van der Waals surface area contributed by atoms with Gasteiger partial charge in [-0.25, -0.2) is 8.42 Å². The second kappa shape index (κ2) is 9.50. The molecule has 0 aliphatic rings. The second-order valence-corrected chi connectivity index (χ2v) is 11.4. The van der Waals surface area contributed by atoms with Gasteiger partial charge < -0.3 is 10.6 Å². The third kappa shape index (κ3) is 6.56. The van der Waals surface area contributed by atoms with Gasteiger partial charge in [0, 0.05) is 12.3 Å². The van der Waals surface area contributed by atoms with Crippen molar-refractivity contribution in [3.63, 3.8) is 0 Å². The number of anilines is 1. The van der Waals surface area contributed by atoms with Gasteiger partial charge in [-0.2, -0.15) is 0 Å². The number of carbonyl (C=O) groups excluding carboxylic acids is 1. The molecule has 7 heteroatoms. The number of amides is 1. The number of halogens is 1. The van der Waals surface area contributed by atoms with Crippen molar-refractivity contribution in [1.29, 1.82) is 0 Å². The highest BCUT2D eigenvalue weighted by Crippen LogP contribution is 2.27. The molecule has 0 radical (unpaired) electrons. The van der Waals surface area contributed by atoms with Crippen LogP contribution in [0.3, 0.4) is 0 Å². The minimum atomic E-state index is -3.39. The fourth-order valence-corrected chi connectivity index (χ4v) is 3.97. The van der Waals surface area contributed by atoms with Gasteiger partial charge >= 0.3 is 0 Å². The molecule has 0 heterocycles. The number of benzene rings is 2. The topological polar surface area (TPSA) is 75.3 Å². The summed E-state index contributed by atoms with van der Waals surface area (Å²) in [6.45, 7) is 10.8. The SMILES string of the molecule is CC(C)[C@H](NCC(=O)Nc1cc(S(C)(=O)=O)ccc1Cl)c1ccc(C(C)(C)C)cc1. The molecule has 0 bridgehead atoms. The average Bonchev–Trinajstić information content (AvgIpc) is 2.62.